The van der Waals surface area contributed by atoms with Gasteiger partial charge in [0.1, 0.15) is 4.90 Å². The van der Waals surface area contributed by atoms with Gasteiger partial charge in [0.05, 0.1) is 32.2 Å². The van der Waals surface area contributed by atoms with Crippen LogP contribution in [0.1, 0.15) is 32.3 Å². The molecule has 0 aliphatic carbocycles. The molecular formula is C29H28N6O6S2. The fourth-order valence-electron chi connectivity index (χ4n) is 5.10. The average Bonchev–Trinajstić information content (AvgIpc) is 2.97. The van der Waals surface area contributed by atoms with Crippen LogP contribution in [0, 0.1) is 26.1 Å². The molecule has 1 fully saturated rings. The van der Waals surface area contributed by atoms with Crippen LogP contribution in [0.2, 0.25) is 0 Å². The number of rotatable bonds is 9. The molecule has 43 heavy (non-hydrogen) atoms. The van der Waals surface area contributed by atoms with E-state index in [0.717, 1.165) is 21.9 Å². The summed E-state index contributed by atoms with van der Waals surface area (Å²) in [5, 5.41) is 28.5. The molecule has 0 unspecified atom stereocenters. The van der Waals surface area contributed by atoms with E-state index in [0.29, 0.717) is 35.8 Å². The number of benzene rings is 3. The van der Waals surface area contributed by atoms with Gasteiger partial charge in [0.25, 0.3) is 11.4 Å². The minimum atomic E-state index is -4.09. The Morgan fingerprint density at radius 2 is 1.81 bits per heavy atom. The molecule has 1 saturated heterocycles. The highest BCUT2D eigenvalue weighted by molar-refractivity contribution is 7.99. The number of hydrazone groups is 1. The second-order valence-electron chi connectivity index (χ2n) is 10.3. The molecule has 2 atom stereocenters. The van der Waals surface area contributed by atoms with Gasteiger partial charge in [-0.3, -0.25) is 30.6 Å². The van der Waals surface area contributed by atoms with Crippen molar-refractivity contribution in [1.82, 2.24) is 9.29 Å². The number of nitrogens with one attached hydrogen (secondary N) is 1. The van der Waals surface area contributed by atoms with Crippen LogP contribution in [0.4, 0.5) is 17.1 Å². The molecule has 2 heterocycles. The van der Waals surface area contributed by atoms with E-state index >= 15 is 0 Å². The molecule has 12 nitrogen and oxygen atoms in total. The van der Waals surface area contributed by atoms with Crippen molar-refractivity contribution < 1.29 is 18.3 Å². The predicted octanol–water partition coefficient (Wildman–Crippen LogP) is 6.46. The lowest BCUT2D eigenvalue weighted by Crippen LogP contribution is -2.44. The van der Waals surface area contributed by atoms with Crippen LogP contribution in [-0.4, -0.2) is 46.4 Å². The van der Waals surface area contributed by atoms with Crippen LogP contribution in [0.5, 0.6) is 0 Å². The maximum Gasteiger partial charge on any atom is 0.283 e. The summed E-state index contributed by atoms with van der Waals surface area (Å²) in [6.07, 6.45) is 4.36. The number of piperidine rings is 1. The second kappa shape index (κ2) is 12.5. The van der Waals surface area contributed by atoms with Crippen molar-refractivity contribution >= 4 is 56.0 Å². The van der Waals surface area contributed by atoms with Crippen LogP contribution < -0.4 is 5.43 Å². The SMILES string of the molecule is C[C@H]1CCN(S(=O)(=O)c2cc([N+](=O)[O-])ccc2N/N=C\c2ccc(Sc3cccc4cccnc34)c([N+](=O)[O-])c2)[C@H](C)C1. The molecule has 1 aromatic heterocycles. The number of fused-ring (bicyclic) bond motifs is 1. The van der Waals surface area contributed by atoms with Crippen LogP contribution in [0.25, 0.3) is 10.9 Å². The Labute approximate surface area is 252 Å². The van der Waals surface area contributed by atoms with Crippen molar-refractivity contribution in [2.75, 3.05) is 12.0 Å². The third-order valence-electron chi connectivity index (χ3n) is 7.23. The van der Waals surface area contributed by atoms with Crippen molar-refractivity contribution in [3.8, 4) is 0 Å². The number of anilines is 1. The Bertz CT molecular complexity index is 1840. The van der Waals surface area contributed by atoms with E-state index < -0.39 is 19.9 Å². The van der Waals surface area contributed by atoms with Gasteiger partial charge in [-0.1, -0.05) is 43.0 Å². The normalized spacial score (nSPS) is 17.7. The van der Waals surface area contributed by atoms with Crippen molar-refractivity contribution in [2.45, 2.75) is 47.4 Å². The molecule has 3 aromatic carbocycles. The van der Waals surface area contributed by atoms with Gasteiger partial charge in [0.2, 0.25) is 10.0 Å². The summed E-state index contributed by atoms with van der Waals surface area (Å²) in [4.78, 5) is 27.6. The number of para-hydroxylation sites is 1. The summed E-state index contributed by atoms with van der Waals surface area (Å²) in [5.74, 6) is 0.367. The maximum absolute atomic E-state index is 13.7. The molecule has 0 bridgehead atoms. The number of nitro groups is 2. The largest absolute Gasteiger partial charge is 0.283 e. The molecule has 1 aliphatic heterocycles. The van der Waals surface area contributed by atoms with Gasteiger partial charge in [-0.25, -0.2) is 8.42 Å². The second-order valence-corrected chi connectivity index (χ2v) is 13.3. The highest BCUT2D eigenvalue weighted by atomic mass is 32.2. The zero-order valence-corrected chi connectivity index (χ0v) is 24.9. The summed E-state index contributed by atoms with van der Waals surface area (Å²) >= 11 is 1.23. The third-order valence-corrected chi connectivity index (χ3v) is 10.4. The number of pyridine rings is 1. The topological polar surface area (TPSA) is 161 Å². The summed E-state index contributed by atoms with van der Waals surface area (Å²) < 4.78 is 28.7. The van der Waals surface area contributed by atoms with Gasteiger partial charge in [-0.2, -0.15) is 9.41 Å². The summed E-state index contributed by atoms with van der Waals surface area (Å²) in [6.45, 7) is 4.19. The first-order chi connectivity index (χ1) is 20.5. The molecular weight excluding hydrogens is 592 g/mol. The summed E-state index contributed by atoms with van der Waals surface area (Å²) in [5.41, 5.74) is 3.37. The number of sulfonamides is 1. The fourth-order valence-corrected chi connectivity index (χ4v) is 7.94. The Morgan fingerprint density at radius 3 is 2.56 bits per heavy atom. The molecule has 5 rings (SSSR count). The van der Waals surface area contributed by atoms with Crippen LogP contribution in [-0.2, 0) is 10.0 Å². The molecule has 0 saturated carbocycles. The van der Waals surface area contributed by atoms with Crippen LogP contribution >= 0.6 is 11.8 Å². The zero-order chi connectivity index (χ0) is 30.7. The van der Waals surface area contributed by atoms with Crippen LogP contribution in [0.3, 0.4) is 0 Å². The monoisotopic (exact) mass is 620 g/mol. The first kappa shape index (κ1) is 30.1. The molecule has 1 N–H and O–H groups in total. The molecule has 1 aliphatic rings. The minimum absolute atomic E-state index is 0.0535. The zero-order valence-electron chi connectivity index (χ0n) is 23.3. The quantitative estimate of drug-likeness (QED) is 0.126. The number of nitrogens with zero attached hydrogens (tertiary/aromatic N) is 5. The molecule has 14 heteroatoms. The van der Waals surface area contributed by atoms with Gasteiger partial charge in [0, 0.05) is 52.8 Å². The highest BCUT2D eigenvalue weighted by Gasteiger charge is 2.35. The van der Waals surface area contributed by atoms with Crippen molar-refractivity contribution in [1.29, 1.82) is 0 Å². The lowest BCUT2D eigenvalue weighted by Gasteiger charge is -2.35. The Balaban J connectivity index is 1.42. The molecule has 222 valence electrons. The van der Waals surface area contributed by atoms with E-state index in [-0.39, 0.29) is 28.0 Å². The van der Waals surface area contributed by atoms with Crippen molar-refractivity contribution in [3.05, 3.63) is 98.7 Å². The Morgan fingerprint density at radius 1 is 1.02 bits per heavy atom. The fraction of sp³-hybridized carbons (Fsp3) is 0.241. The van der Waals surface area contributed by atoms with Gasteiger partial charge in [0.15, 0.2) is 0 Å². The van der Waals surface area contributed by atoms with Crippen molar-refractivity contribution in [3.63, 3.8) is 0 Å². The van der Waals surface area contributed by atoms with Gasteiger partial charge in [-0.15, -0.1) is 0 Å². The predicted molar refractivity (Wildman–Crippen MR) is 165 cm³/mol. The van der Waals surface area contributed by atoms with E-state index in [1.54, 1.807) is 18.3 Å². The Hall–Kier alpha value is -4.40. The molecule has 0 radical (unpaired) electrons. The lowest BCUT2D eigenvalue weighted by molar-refractivity contribution is -0.387. The maximum atomic E-state index is 13.7. The van der Waals surface area contributed by atoms with Gasteiger partial charge < -0.3 is 0 Å². The van der Waals surface area contributed by atoms with Crippen LogP contribution in [0.15, 0.2) is 92.7 Å². The Kier molecular flexibility index (Phi) is 8.71. The van der Waals surface area contributed by atoms with E-state index in [1.165, 1.54) is 40.5 Å². The average molecular weight is 621 g/mol. The number of non-ortho nitro benzene ring substituents is 1. The van der Waals surface area contributed by atoms with E-state index in [9.17, 15) is 28.6 Å². The number of hydrogen-bond acceptors (Lipinski definition) is 10. The molecule has 4 aromatic rings. The van der Waals surface area contributed by atoms with E-state index in [2.05, 4.69) is 22.4 Å². The lowest BCUT2D eigenvalue weighted by atomic mass is 9.95. The standard InChI is InChI=1S/C29H28N6O6S2/c1-19-12-14-33(20(2)15-19)43(40,41)28-17-23(34(36)37)9-10-24(28)32-31-18-21-8-11-26(25(16-21)35(38)39)42-27-7-3-5-22-6-4-13-30-29(22)27/h3-11,13,16-20,32H,12,14-15H2,1-2H3/b31-18-/t19-,20+/m0/s1. The summed E-state index contributed by atoms with van der Waals surface area (Å²) in [6, 6.07) is 17.3. The summed E-state index contributed by atoms with van der Waals surface area (Å²) in [7, 11) is -4.09. The number of aromatic nitrogens is 1. The number of hydrogen-bond donors (Lipinski definition) is 1. The molecule has 0 spiro atoms. The molecule has 0 amide bonds. The van der Waals surface area contributed by atoms with Gasteiger partial charge in [-0.05, 0) is 49.9 Å². The smallest absolute Gasteiger partial charge is 0.277 e. The first-order valence-corrected chi connectivity index (χ1v) is 15.7. The van der Waals surface area contributed by atoms with E-state index in [4.69, 9.17) is 0 Å². The van der Waals surface area contributed by atoms with E-state index in [1.807, 2.05) is 37.3 Å². The van der Waals surface area contributed by atoms with Crippen molar-refractivity contribution in [2.24, 2.45) is 11.0 Å². The third kappa shape index (κ3) is 6.50. The highest BCUT2D eigenvalue weighted by Crippen LogP contribution is 2.38. The number of nitro benzene ring substituents is 2. The first-order valence-electron chi connectivity index (χ1n) is 13.4. The minimum Gasteiger partial charge on any atom is -0.277 e. The van der Waals surface area contributed by atoms with Gasteiger partial charge >= 0.3 is 0 Å².